The van der Waals surface area contributed by atoms with Gasteiger partial charge in [0, 0.05) is 19.8 Å². The first-order valence-electron chi connectivity index (χ1n) is 16.6. The lowest BCUT2D eigenvalue weighted by Crippen LogP contribution is -2.57. The third-order valence-electron chi connectivity index (χ3n) is 12.6. The number of para-hydroxylation sites is 1. The maximum Gasteiger partial charge on any atom is 0.345 e. The Hall–Kier alpha value is -2.04. The van der Waals surface area contributed by atoms with E-state index in [-0.39, 0.29) is 16.7 Å². The molecule has 1 N–H and O–H groups in total. The quantitative estimate of drug-likeness (QED) is 0.251. The molecule has 41 heavy (non-hydrogen) atoms. The van der Waals surface area contributed by atoms with Gasteiger partial charge in [-0.25, -0.2) is 4.79 Å². The molecule has 5 unspecified atom stereocenters. The Bertz CT molecular complexity index is 1110. The normalized spacial score (nSPS) is 38.9. The Balaban J connectivity index is 1.31. The maximum absolute atomic E-state index is 13.2. The Morgan fingerprint density at radius 2 is 1.63 bits per heavy atom. The lowest BCUT2D eigenvalue weighted by molar-refractivity contribution is -0.249. The summed E-state index contributed by atoms with van der Waals surface area (Å²) in [7, 11) is 0. The molecule has 4 aliphatic rings. The van der Waals surface area contributed by atoms with E-state index in [1.54, 1.807) is 18.2 Å². The summed E-state index contributed by atoms with van der Waals surface area (Å²) in [6, 6.07) is 6.40. The Morgan fingerprint density at radius 1 is 0.902 bits per heavy atom. The zero-order chi connectivity index (χ0) is 29.6. The third-order valence-corrected chi connectivity index (χ3v) is 12.6. The van der Waals surface area contributed by atoms with Crippen molar-refractivity contribution in [2.24, 2.45) is 52.3 Å². The van der Waals surface area contributed by atoms with E-state index in [1.807, 2.05) is 0 Å². The molecular formula is C36H54O5. The minimum absolute atomic E-state index is 0.108. The van der Waals surface area contributed by atoms with E-state index in [2.05, 4.69) is 34.6 Å². The van der Waals surface area contributed by atoms with Crippen LogP contribution >= 0.6 is 0 Å². The van der Waals surface area contributed by atoms with E-state index in [0.717, 1.165) is 42.4 Å². The van der Waals surface area contributed by atoms with Gasteiger partial charge in [-0.1, -0.05) is 66.0 Å². The average molecular weight is 567 g/mol. The molecule has 5 rings (SSSR count). The highest BCUT2D eigenvalue weighted by Gasteiger charge is 2.62. The van der Waals surface area contributed by atoms with Gasteiger partial charge in [-0.2, -0.15) is 0 Å². The van der Waals surface area contributed by atoms with Crippen LogP contribution in [0.5, 0.6) is 5.75 Å². The molecule has 0 bridgehead atoms. The molecule has 1 aromatic carbocycles. The van der Waals surface area contributed by atoms with Crippen molar-refractivity contribution in [3.8, 4) is 5.75 Å². The smallest absolute Gasteiger partial charge is 0.345 e. The average Bonchev–Trinajstić information content (AvgIpc) is 3.26. The fourth-order valence-electron chi connectivity index (χ4n) is 10.6. The van der Waals surface area contributed by atoms with Crippen molar-refractivity contribution in [2.75, 3.05) is 0 Å². The van der Waals surface area contributed by atoms with Crippen LogP contribution in [0.15, 0.2) is 24.3 Å². The molecule has 0 spiro atoms. The topological polar surface area (TPSA) is 72.8 Å². The number of phenolic OH excluding ortho intramolecular Hbond substituents is 1. The number of ether oxygens (including phenoxy) is 2. The van der Waals surface area contributed by atoms with Crippen molar-refractivity contribution in [2.45, 2.75) is 124 Å². The fourth-order valence-corrected chi connectivity index (χ4v) is 10.6. The van der Waals surface area contributed by atoms with E-state index in [9.17, 15) is 14.7 Å². The monoisotopic (exact) mass is 566 g/mol. The van der Waals surface area contributed by atoms with E-state index in [1.165, 1.54) is 64.4 Å². The van der Waals surface area contributed by atoms with Gasteiger partial charge >= 0.3 is 11.9 Å². The summed E-state index contributed by atoms with van der Waals surface area (Å²) in [6.07, 6.45) is 13.7. The fraction of sp³-hybridized carbons (Fsp3) is 0.778. The summed E-state index contributed by atoms with van der Waals surface area (Å²) in [5, 5.41) is 10.2. The molecule has 5 nitrogen and oxygen atoms in total. The highest BCUT2D eigenvalue weighted by Crippen LogP contribution is 2.69. The van der Waals surface area contributed by atoms with Gasteiger partial charge in [0.05, 0.1) is 0 Å². The number of fused-ring (bicyclic) bond motifs is 5. The lowest BCUT2D eigenvalue weighted by Gasteiger charge is -2.62. The van der Waals surface area contributed by atoms with Crippen molar-refractivity contribution in [3.05, 3.63) is 29.8 Å². The van der Waals surface area contributed by atoms with Gasteiger partial charge in [0.25, 0.3) is 5.79 Å². The van der Waals surface area contributed by atoms with Gasteiger partial charge in [0.1, 0.15) is 11.3 Å². The molecular weight excluding hydrogens is 512 g/mol. The summed E-state index contributed by atoms with van der Waals surface area (Å²) < 4.78 is 11.9. The Kier molecular flexibility index (Phi) is 8.58. The van der Waals surface area contributed by atoms with Gasteiger partial charge in [-0.15, -0.1) is 0 Å². The van der Waals surface area contributed by atoms with Crippen LogP contribution in [0, 0.1) is 52.3 Å². The van der Waals surface area contributed by atoms with E-state index >= 15 is 0 Å². The number of carbonyl (C=O) groups excluding carboxylic acids is 2. The predicted molar refractivity (Wildman–Crippen MR) is 161 cm³/mol. The first kappa shape index (κ1) is 30.4. The third kappa shape index (κ3) is 5.68. The number of rotatable bonds is 8. The second-order valence-corrected chi connectivity index (χ2v) is 15.3. The van der Waals surface area contributed by atoms with Gasteiger partial charge in [-0.3, -0.25) is 4.79 Å². The summed E-state index contributed by atoms with van der Waals surface area (Å²) in [5.41, 5.74) is 0.734. The number of benzene rings is 1. The van der Waals surface area contributed by atoms with Crippen LogP contribution in [-0.2, 0) is 14.3 Å². The molecule has 4 aliphatic carbocycles. The molecule has 0 radical (unpaired) electrons. The molecule has 4 fully saturated rings. The zero-order valence-electron chi connectivity index (χ0n) is 26.4. The van der Waals surface area contributed by atoms with Gasteiger partial charge in [0.2, 0.25) is 0 Å². The first-order valence-corrected chi connectivity index (χ1v) is 16.6. The van der Waals surface area contributed by atoms with Crippen LogP contribution in [0.2, 0.25) is 0 Å². The highest BCUT2D eigenvalue weighted by molar-refractivity contribution is 5.92. The van der Waals surface area contributed by atoms with Gasteiger partial charge in [0.15, 0.2) is 0 Å². The zero-order valence-corrected chi connectivity index (χ0v) is 26.4. The molecule has 228 valence electrons. The molecule has 4 saturated carbocycles. The summed E-state index contributed by atoms with van der Waals surface area (Å²) in [4.78, 5) is 25.4. The SMILES string of the molecule is CC(=O)OC1(OC(=O)c2ccccc2O)CC[C@@]2(C)C(CCC3C2CC[C@@]2(C)C3CC[C@@H]2[C@H](C)CCCC(C)C)C1. The second kappa shape index (κ2) is 11.6. The summed E-state index contributed by atoms with van der Waals surface area (Å²) in [5.74, 6) is 2.61. The van der Waals surface area contributed by atoms with Crippen molar-refractivity contribution >= 4 is 11.9 Å². The van der Waals surface area contributed by atoms with Crippen molar-refractivity contribution in [1.82, 2.24) is 0 Å². The molecule has 0 saturated heterocycles. The number of esters is 2. The Morgan fingerprint density at radius 3 is 2.34 bits per heavy atom. The number of hydrogen-bond acceptors (Lipinski definition) is 5. The number of carbonyl (C=O) groups is 2. The number of phenols is 1. The predicted octanol–water partition coefficient (Wildman–Crippen LogP) is 8.93. The molecule has 0 amide bonds. The van der Waals surface area contributed by atoms with Crippen LogP contribution in [0.1, 0.15) is 129 Å². The molecule has 9 atom stereocenters. The van der Waals surface area contributed by atoms with Crippen LogP contribution < -0.4 is 0 Å². The summed E-state index contributed by atoms with van der Waals surface area (Å²) >= 11 is 0. The van der Waals surface area contributed by atoms with Crippen LogP contribution in [0.3, 0.4) is 0 Å². The minimum atomic E-state index is -1.27. The van der Waals surface area contributed by atoms with Gasteiger partial charge in [-0.05, 0) is 109 Å². The molecule has 1 aromatic rings. The van der Waals surface area contributed by atoms with Crippen LogP contribution in [0.25, 0.3) is 0 Å². The molecule has 0 aromatic heterocycles. The first-order chi connectivity index (χ1) is 19.4. The highest BCUT2D eigenvalue weighted by atomic mass is 16.7. The number of aromatic hydroxyl groups is 1. The van der Waals surface area contributed by atoms with Crippen LogP contribution in [0.4, 0.5) is 0 Å². The van der Waals surface area contributed by atoms with E-state index < -0.39 is 17.7 Å². The van der Waals surface area contributed by atoms with Gasteiger partial charge < -0.3 is 14.6 Å². The van der Waals surface area contributed by atoms with E-state index in [4.69, 9.17) is 9.47 Å². The maximum atomic E-state index is 13.2. The van der Waals surface area contributed by atoms with Crippen molar-refractivity contribution < 1.29 is 24.2 Å². The Labute approximate surface area is 248 Å². The van der Waals surface area contributed by atoms with Crippen molar-refractivity contribution in [3.63, 3.8) is 0 Å². The minimum Gasteiger partial charge on any atom is -0.507 e. The summed E-state index contributed by atoms with van der Waals surface area (Å²) in [6.45, 7) is 13.7. The standard InChI is InChI=1S/C36H54O5/c1-23(2)10-9-11-24(3)29-16-17-30-27-15-14-26-22-36(40-25(4)37,41-33(39)28-12-7-8-13-32(28)38)21-20-34(26,5)31(27)18-19-35(29,30)6/h7-8,12-13,23-24,26-27,29-31,38H,9-11,14-22H2,1-6H3/t24-,26?,27?,29-,30?,31?,34+,35-,36?/m1/s1. The molecule has 5 heteroatoms. The van der Waals surface area contributed by atoms with Crippen LogP contribution in [-0.4, -0.2) is 22.8 Å². The molecule has 0 aliphatic heterocycles. The number of hydrogen-bond donors (Lipinski definition) is 1. The lowest BCUT2D eigenvalue weighted by atomic mass is 9.44. The van der Waals surface area contributed by atoms with E-state index in [0.29, 0.717) is 30.1 Å². The second-order valence-electron chi connectivity index (χ2n) is 15.3. The van der Waals surface area contributed by atoms with Crippen molar-refractivity contribution in [1.29, 1.82) is 0 Å². The molecule has 0 heterocycles. The largest absolute Gasteiger partial charge is 0.507 e.